The Bertz CT molecular complexity index is 1140. The zero-order valence-corrected chi connectivity index (χ0v) is 23.3. The lowest BCUT2D eigenvalue weighted by molar-refractivity contribution is -0.142. The molecule has 0 spiro atoms. The van der Waals surface area contributed by atoms with E-state index in [1.165, 1.54) is 4.90 Å². The Balaban J connectivity index is 1.94. The summed E-state index contributed by atoms with van der Waals surface area (Å²) >= 11 is 16.3. The van der Waals surface area contributed by atoms with Gasteiger partial charge >= 0.3 is 0 Å². The van der Waals surface area contributed by atoms with Gasteiger partial charge in [-0.3, -0.25) is 9.59 Å². The van der Waals surface area contributed by atoms with E-state index >= 15 is 0 Å². The predicted molar refractivity (Wildman–Crippen MR) is 148 cm³/mol. The first-order valence-corrected chi connectivity index (χ1v) is 13.2. The molecule has 5 nitrogen and oxygen atoms in total. The summed E-state index contributed by atoms with van der Waals surface area (Å²) in [6.07, 6.45) is 0.330. The molecule has 0 radical (unpaired) electrons. The monoisotopic (exact) mass is 590 g/mol. The van der Waals surface area contributed by atoms with Crippen molar-refractivity contribution in [2.45, 2.75) is 32.9 Å². The van der Waals surface area contributed by atoms with Crippen LogP contribution in [0.3, 0.4) is 0 Å². The molecule has 1 atom stereocenters. The molecular weight excluding hydrogens is 563 g/mol. The standard InChI is InChI=1S/C28H29BrCl2N2O3/c1-19(2)16-32-28(35)26(15-20-7-4-3-5-8-20)33(17-23-24(30)9-6-10-25(23)31)27(34)18-36-22-13-11-21(29)12-14-22/h3-14,19,26H,15-18H2,1-2H3,(H,32,35). The van der Waals surface area contributed by atoms with Crippen molar-refractivity contribution in [3.05, 3.63) is 98.4 Å². The SMILES string of the molecule is CC(C)CNC(=O)C(Cc1ccccc1)N(Cc1c(Cl)cccc1Cl)C(=O)COc1ccc(Br)cc1. The smallest absolute Gasteiger partial charge is 0.261 e. The summed E-state index contributed by atoms with van der Waals surface area (Å²) in [5.74, 6) is 0.211. The van der Waals surface area contributed by atoms with Crippen molar-refractivity contribution in [3.63, 3.8) is 0 Å². The Morgan fingerprint density at radius 3 is 2.19 bits per heavy atom. The predicted octanol–water partition coefficient (Wildman–Crippen LogP) is 6.55. The zero-order valence-electron chi connectivity index (χ0n) is 20.2. The molecule has 8 heteroatoms. The number of hydrogen-bond donors (Lipinski definition) is 1. The molecule has 0 aliphatic heterocycles. The van der Waals surface area contributed by atoms with Crippen LogP contribution in [0.4, 0.5) is 0 Å². The van der Waals surface area contributed by atoms with Crippen molar-refractivity contribution in [1.29, 1.82) is 0 Å². The topological polar surface area (TPSA) is 58.6 Å². The summed E-state index contributed by atoms with van der Waals surface area (Å²) in [7, 11) is 0. The molecule has 2 amide bonds. The minimum absolute atomic E-state index is 0.0631. The second-order valence-electron chi connectivity index (χ2n) is 8.81. The number of rotatable bonds is 11. The van der Waals surface area contributed by atoms with Crippen LogP contribution in [-0.4, -0.2) is 35.9 Å². The summed E-state index contributed by atoms with van der Waals surface area (Å²) in [6.45, 7) is 4.35. The molecule has 0 bridgehead atoms. The third-order valence-corrected chi connectivity index (χ3v) is 6.76. The Kier molecular flexibility index (Phi) is 10.7. The van der Waals surface area contributed by atoms with Crippen LogP contribution in [0, 0.1) is 5.92 Å². The number of ether oxygens (including phenoxy) is 1. The number of nitrogens with zero attached hydrogens (tertiary/aromatic N) is 1. The van der Waals surface area contributed by atoms with E-state index in [1.807, 2.05) is 56.3 Å². The van der Waals surface area contributed by atoms with E-state index in [9.17, 15) is 9.59 Å². The van der Waals surface area contributed by atoms with Crippen molar-refractivity contribution in [2.75, 3.05) is 13.2 Å². The van der Waals surface area contributed by atoms with E-state index in [1.54, 1.807) is 30.3 Å². The molecule has 3 aromatic carbocycles. The lowest BCUT2D eigenvalue weighted by Gasteiger charge is -2.32. The molecule has 0 heterocycles. The third kappa shape index (κ3) is 8.26. The van der Waals surface area contributed by atoms with E-state index in [0.29, 0.717) is 34.3 Å². The summed E-state index contributed by atoms with van der Waals surface area (Å²) < 4.78 is 6.67. The number of amides is 2. The maximum absolute atomic E-state index is 13.6. The molecule has 0 saturated carbocycles. The van der Waals surface area contributed by atoms with Gasteiger partial charge in [0, 0.05) is 39.6 Å². The summed E-state index contributed by atoms with van der Waals surface area (Å²) in [5.41, 5.74) is 1.51. The number of benzene rings is 3. The molecule has 36 heavy (non-hydrogen) atoms. The average molecular weight is 592 g/mol. The molecule has 1 N–H and O–H groups in total. The summed E-state index contributed by atoms with van der Waals surface area (Å²) in [6, 6.07) is 21.2. The summed E-state index contributed by atoms with van der Waals surface area (Å²) in [5, 5.41) is 3.84. The molecule has 1 unspecified atom stereocenters. The molecule has 0 aliphatic carbocycles. The minimum atomic E-state index is -0.792. The highest BCUT2D eigenvalue weighted by atomic mass is 79.9. The van der Waals surface area contributed by atoms with Gasteiger partial charge in [-0.25, -0.2) is 0 Å². The Morgan fingerprint density at radius 1 is 0.944 bits per heavy atom. The van der Waals surface area contributed by atoms with Crippen molar-refractivity contribution in [3.8, 4) is 5.75 Å². The molecular formula is C28H29BrCl2N2O3. The molecule has 0 aliphatic rings. The highest BCUT2D eigenvalue weighted by Crippen LogP contribution is 2.27. The highest BCUT2D eigenvalue weighted by molar-refractivity contribution is 9.10. The fourth-order valence-electron chi connectivity index (χ4n) is 3.59. The maximum Gasteiger partial charge on any atom is 0.261 e. The average Bonchev–Trinajstić information content (AvgIpc) is 2.86. The fourth-order valence-corrected chi connectivity index (χ4v) is 4.37. The van der Waals surface area contributed by atoms with Crippen LogP contribution < -0.4 is 10.1 Å². The zero-order chi connectivity index (χ0) is 26.1. The van der Waals surface area contributed by atoms with Gasteiger partial charge in [-0.2, -0.15) is 0 Å². The number of nitrogens with one attached hydrogen (secondary N) is 1. The molecule has 190 valence electrons. The van der Waals surface area contributed by atoms with Gasteiger partial charge in [-0.15, -0.1) is 0 Å². The normalized spacial score (nSPS) is 11.7. The van der Waals surface area contributed by atoms with Gasteiger partial charge in [-0.05, 0) is 47.9 Å². The number of hydrogen-bond acceptors (Lipinski definition) is 3. The highest BCUT2D eigenvalue weighted by Gasteiger charge is 2.31. The maximum atomic E-state index is 13.6. The Labute approximate surface area is 230 Å². The van der Waals surface area contributed by atoms with Crippen LogP contribution in [0.15, 0.2) is 77.3 Å². The van der Waals surface area contributed by atoms with Gasteiger partial charge in [0.05, 0.1) is 0 Å². The first-order chi connectivity index (χ1) is 17.2. The molecule has 3 aromatic rings. The number of carbonyl (C=O) groups excluding carboxylic acids is 2. The van der Waals surface area contributed by atoms with Gasteiger partial charge in [-0.1, -0.05) is 89.4 Å². The quantitative estimate of drug-likeness (QED) is 0.275. The summed E-state index contributed by atoms with van der Waals surface area (Å²) in [4.78, 5) is 28.6. The van der Waals surface area contributed by atoms with E-state index in [0.717, 1.165) is 10.0 Å². The lowest BCUT2D eigenvalue weighted by atomic mass is 10.0. The second-order valence-corrected chi connectivity index (χ2v) is 10.5. The van der Waals surface area contributed by atoms with Gasteiger partial charge in [0.15, 0.2) is 6.61 Å². The van der Waals surface area contributed by atoms with Crippen LogP contribution in [-0.2, 0) is 22.6 Å². The Hall–Kier alpha value is -2.54. The van der Waals surface area contributed by atoms with Gasteiger partial charge in [0.25, 0.3) is 5.91 Å². The third-order valence-electron chi connectivity index (χ3n) is 5.52. The molecule has 0 saturated heterocycles. The van der Waals surface area contributed by atoms with Crippen LogP contribution >= 0.6 is 39.1 Å². The molecule has 0 aromatic heterocycles. The van der Waals surface area contributed by atoms with Gasteiger partial charge < -0.3 is 15.0 Å². The van der Waals surface area contributed by atoms with Crippen LogP contribution in [0.25, 0.3) is 0 Å². The van der Waals surface area contributed by atoms with Crippen LogP contribution in [0.2, 0.25) is 10.0 Å². The number of carbonyl (C=O) groups is 2. The minimum Gasteiger partial charge on any atom is -0.484 e. The van der Waals surface area contributed by atoms with Crippen molar-refractivity contribution >= 4 is 50.9 Å². The second kappa shape index (κ2) is 13.7. The van der Waals surface area contributed by atoms with Gasteiger partial charge in [0.2, 0.25) is 5.91 Å². The lowest BCUT2D eigenvalue weighted by Crippen LogP contribution is -2.52. The van der Waals surface area contributed by atoms with Crippen LogP contribution in [0.5, 0.6) is 5.75 Å². The largest absolute Gasteiger partial charge is 0.484 e. The van der Waals surface area contributed by atoms with E-state index in [4.69, 9.17) is 27.9 Å². The first-order valence-electron chi connectivity index (χ1n) is 11.7. The molecule has 3 rings (SSSR count). The van der Waals surface area contributed by atoms with Gasteiger partial charge in [0.1, 0.15) is 11.8 Å². The number of halogens is 3. The van der Waals surface area contributed by atoms with Crippen molar-refractivity contribution in [2.24, 2.45) is 5.92 Å². The molecule has 0 fully saturated rings. The van der Waals surface area contributed by atoms with E-state index in [-0.39, 0.29) is 30.9 Å². The van der Waals surface area contributed by atoms with Crippen molar-refractivity contribution in [1.82, 2.24) is 10.2 Å². The fraction of sp³-hybridized carbons (Fsp3) is 0.286. The Morgan fingerprint density at radius 2 is 1.58 bits per heavy atom. The van der Waals surface area contributed by atoms with Crippen LogP contribution in [0.1, 0.15) is 25.0 Å². The first kappa shape index (κ1) is 28.0. The van der Waals surface area contributed by atoms with E-state index < -0.39 is 6.04 Å². The van der Waals surface area contributed by atoms with E-state index in [2.05, 4.69) is 21.2 Å². The van der Waals surface area contributed by atoms with Crippen molar-refractivity contribution < 1.29 is 14.3 Å².